The van der Waals surface area contributed by atoms with E-state index in [1.807, 2.05) is 47.6 Å². The Morgan fingerprint density at radius 2 is 0.901 bits per heavy atom. The maximum absolute atomic E-state index is 15.5. The number of esters is 1. The monoisotopic (exact) mass is 1290 g/mol. The van der Waals surface area contributed by atoms with Gasteiger partial charge in [-0.25, -0.2) is 0 Å². The van der Waals surface area contributed by atoms with E-state index < -0.39 is 173 Å². The second-order valence-corrected chi connectivity index (χ2v) is 27.4. The summed E-state index contributed by atoms with van der Waals surface area (Å²) in [7, 11) is 9.89. The predicted molar refractivity (Wildman–Crippen MR) is 349 cm³/mol. The summed E-state index contributed by atoms with van der Waals surface area (Å²) in [5.74, 6) is -12.3. The van der Waals surface area contributed by atoms with Crippen LogP contribution in [0.2, 0.25) is 0 Å². The Morgan fingerprint density at radius 3 is 1.35 bits per heavy atom. The third-order valence-corrected chi connectivity index (χ3v) is 17.0. The van der Waals surface area contributed by atoms with Gasteiger partial charge in [-0.2, -0.15) is 0 Å². The number of hydrogen-bond acceptors (Lipinski definition) is 14. The second kappa shape index (κ2) is 37.8. The predicted octanol–water partition coefficient (Wildman–Crippen LogP) is 3.76. The van der Waals surface area contributed by atoms with Gasteiger partial charge in [0.1, 0.15) is 72.6 Å². The molecule has 25 nitrogen and oxygen atoms in total. The number of hydrogen-bond donors (Lipinski definition) is 5. The Bertz CT molecular complexity index is 2520. The summed E-state index contributed by atoms with van der Waals surface area (Å²) in [6.45, 7) is 32.2. The van der Waals surface area contributed by atoms with Crippen LogP contribution in [0.3, 0.4) is 0 Å². The third-order valence-electron chi connectivity index (χ3n) is 17.0. The highest BCUT2D eigenvalue weighted by Crippen LogP contribution is 2.27. The van der Waals surface area contributed by atoms with Crippen LogP contribution in [-0.4, -0.2) is 229 Å². The lowest BCUT2D eigenvalue weighted by atomic mass is 9.91. The standard InChI is InChI=1S/C66H117N11O14/c1-27-29-30-41(15)55(91-45(19)78)54-60(83)69-46(28-2)62(85)75(23)52(39(11)12)59(82)71-51(42(16)34-90-26)58(81)70-50(38(9)10)65(88)72(20)47(31-35(3)4)57(80)67-43(17)56(79)68-44(18)61(84)73(21)48(32-36(5)6)63(86)74(22)49(33-37(7)8)64(87)76(24)53(40(13)14)66(89)77(54)25/h27,29,35-44,46-55H,28,30-34H2,1-26H3,(H,67,80)(H,68,79)(H,69,83)(H,70,81)(H,71,82)/b29-27+/t41-,42-,43+,44-,46+,47+,48+,49+,50+,51+,52-,53+,54+,55-/m1/s1. The molecule has 0 aromatic heterocycles. The summed E-state index contributed by atoms with van der Waals surface area (Å²) >= 11 is 0. The van der Waals surface area contributed by atoms with Crippen molar-refractivity contribution in [2.75, 3.05) is 56.0 Å². The van der Waals surface area contributed by atoms with Crippen molar-refractivity contribution in [3.8, 4) is 0 Å². The molecule has 25 heteroatoms. The van der Waals surface area contributed by atoms with Gasteiger partial charge in [0, 0.05) is 62.2 Å². The van der Waals surface area contributed by atoms with Crippen LogP contribution in [0.1, 0.15) is 164 Å². The average Bonchev–Trinajstić information content (AvgIpc) is 1.03. The fourth-order valence-electron chi connectivity index (χ4n) is 11.7. The topological polar surface area (TPSA) is 303 Å². The van der Waals surface area contributed by atoms with Gasteiger partial charge in [0.25, 0.3) is 0 Å². The van der Waals surface area contributed by atoms with Crippen LogP contribution < -0.4 is 26.6 Å². The lowest BCUT2D eigenvalue weighted by Gasteiger charge is -2.42. The van der Waals surface area contributed by atoms with Crippen molar-refractivity contribution in [1.82, 2.24) is 56.0 Å². The molecule has 91 heavy (non-hydrogen) atoms. The minimum absolute atomic E-state index is 0.0306. The average molecular weight is 1290 g/mol. The number of carbonyl (C=O) groups is 12. The molecule has 0 saturated carbocycles. The molecule has 0 unspecified atom stereocenters. The van der Waals surface area contributed by atoms with Crippen LogP contribution in [0.5, 0.6) is 0 Å². The van der Waals surface area contributed by atoms with Gasteiger partial charge in [0.15, 0.2) is 0 Å². The number of rotatable bonds is 18. The van der Waals surface area contributed by atoms with E-state index in [2.05, 4.69) is 26.6 Å². The normalized spacial score (nSPS) is 26.9. The third kappa shape index (κ3) is 23.1. The Morgan fingerprint density at radius 1 is 0.473 bits per heavy atom. The molecule has 1 saturated heterocycles. The zero-order valence-corrected chi connectivity index (χ0v) is 59.8. The van der Waals surface area contributed by atoms with Crippen LogP contribution in [0.15, 0.2) is 12.2 Å². The number of carbonyl (C=O) groups excluding carboxylic acids is 12. The molecule has 0 spiro atoms. The summed E-state index contributed by atoms with van der Waals surface area (Å²) in [6.07, 6.45) is 2.90. The van der Waals surface area contributed by atoms with Crippen LogP contribution in [-0.2, 0) is 67.0 Å². The first kappa shape index (κ1) is 82.4. The number of ether oxygens (including phenoxy) is 2. The number of allylic oxidation sites excluding steroid dienone is 2. The van der Waals surface area contributed by atoms with Gasteiger partial charge in [-0.15, -0.1) is 0 Å². The summed E-state index contributed by atoms with van der Waals surface area (Å²) in [6, 6.07) is -14.2. The summed E-state index contributed by atoms with van der Waals surface area (Å²) in [4.78, 5) is 183. The van der Waals surface area contributed by atoms with Crippen molar-refractivity contribution in [2.24, 2.45) is 47.3 Å². The van der Waals surface area contributed by atoms with Crippen LogP contribution in [0.4, 0.5) is 0 Å². The van der Waals surface area contributed by atoms with E-state index in [-0.39, 0.29) is 56.5 Å². The number of nitrogens with zero attached hydrogens (tertiary/aromatic N) is 6. The Kier molecular flexibility index (Phi) is 34.2. The molecular weight excluding hydrogens is 1170 g/mol. The smallest absolute Gasteiger partial charge is 0.303 e. The fourth-order valence-corrected chi connectivity index (χ4v) is 11.7. The summed E-state index contributed by atoms with van der Waals surface area (Å²) in [5, 5.41) is 13.8. The van der Waals surface area contributed by atoms with Gasteiger partial charge in [-0.05, 0) is 94.3 Å². The SMILES string of the molecule is C/C=C/C[C@@H](C)[C@@H](OC(C)=O)[C@H]1C(=O)N[C@@H](CC)C(=O)N(C)[C@H](C(C)C)C(=O)N[C@@H]([C@H](C)COC)C(=O)N[C@@H](C(C)C)C(=O)N(C)[C@@H](CC(C)C)C(=O)N[C@@H](C)C(=O)N[C@H](C)C(=O)N(C)[C@@H](CC(C)C)C(=O)N(C)[C@@H](CC(C)C)C(=O)N(C)[C@@H](C(C)C)C(=O)N1C. The highest BCUT2D eigenvalue weighted by molar-refractivity contribution is 6.00. The first-order valence-corrected chi connectivity index (χ1v) is 32.5. The molecule has 1 rings (SSSR count). The van der Waals surface area contributed by atoms with Crippen molar-refractivity contribution >= 4 is 70.9 Å². The molecule has 0 aliphatic carbocycles. The highest BCUT2D eigenvalue weighted by atomic mass is 16.5. The first-order valence-electron chi connectivity index (χ1n) is 32.5. The molecule has 1 heterocycles. The van der Waals surface area contributed by atoms with Crippen molar-refractivity contribution in [1.29, 1.82) is 0 Å². The Hall–Kier alpha value is -6.66. The second-order valence-electron chi connectivity index (χ2n) is 27.4. The summed E-state index contributed by atoms with van der Waals surface area (Å²) < 4.78 is 11.4. The van der Waals surface area contributed by atoms with Crippen molar-refractivity contribution in [2.45, 2.75) is 236 Å². The van der Waals surface area contributed by atoms with Crippen LogP contribution in [0, 0.1) is 47.3 Å². The summed E-state index contributed by atoms with van der Waals surface area (Å²) in [5.41, 5.74) is 0. The van der Waals surface area contributed by atoms with E-state index in [0.717, 1.165) is 4.90 Å². The Balaban J connectivity index is 4.55. The molecule has 1 aliphatic heterocycles. The molecule has 1 aliphatic rings. The molecule has 0 radical (unpaired) electrons. The molecule has 14 atom stereocenters. The molecule has 0 bridgehead atoms. The number of amides is 11. The Labute approximate surface area is 543 Å². The van der Waals surface area contributed by atoms with Gasteiger partial charge in [0.2, 0.25) is 65.0 Å². The van der Waals surface area contributed by atoms with Crippen LogP contribution >= 0.6 is 0 Å². The molecule has 1 fully saturated rings. The van der Waals surface area contributed by atoms with Gasteiger partial charge < -0.3 is 65.5 Å². The first-order chi connectivity index (χ1) is 42.1. The minimum atomic E-state index is -1.63. The molecular formula is C66H117N11O14. The molecule has 0 aromatic carbocycles. The maximum Gasteiger partial charge on any atom is 0.303 e. The number of nitrogens with one attached hydrogen (secondary N) is 5. The largest absolute Gasteiger partial charge is 0.459 e. The highest BCUT2D eigenvalue weighted by Gasteiger charge is 2.47. The van der Waals surface area contributed by atoms with Gasteiger partial charge >= 0.3 is 5.97 Å². The zero-order chi connectivity index (χ0) is 70.5. The van der Waals surface area contributed by atoms with E-state index in [4.69, 9.17) is 9.47 Å². The van der Waals surface area contributed by atoms with E-state index in [9.17, 15) is 38.4 Å². The van der Waals surface area contributed by atoms with E-state index in [0.29, 0.717) is 0 Å². The van der Waals surface area contributed by atoms with Crippen molar-refractivity contribution in [3.63, 3.8) is 0 Å². The lowest BCUT2D eigenvalue weighted by Crippen LogP contribution is -2.64. The van der Waals surface area contributed by atoms with Gasteiger partial charge in [0.05, 0.1) is 6.61 Å². The quantitative estimate of drug-likeness (QED) is 0.0965. The van der Waals surface area contributed by atoms with E-state index in [1.165, 1.54) is 94.7 Å². The number of likely N-dealkylation sites (N-methyl/N-ethyl adjacent to an activating group) is 6. The van der Waals surface area contributed by atoms with E-state index >= 15 is 19.2 Å². The van der Waals surface area contributed by atoms with Crippen molar-refractivity contribution < 1.29 is 67.0 Å². The number of methoxy groups -OCH3 is 1. The van der Waals surface area contributed by atoms with Gasteiger partial charge in [-0.3, -0.25) is 57.5 Å². The zero-order valence-electron chi connectivity index (χ0n) is 59.8. The molecule has 11 amide bonds. The lowest BCUT2D eigenvalue weighted by molar-refractivity contribution is -0.164. The van der Waals surface area contributed by atoms with Crippen molar-refractivity contribution in [3.05, 3.63) is 12.2 Å². The molecule has 0 aromatic rings. The fraction of sp³-hybridized carbons (Fsp3) is 0.788. The van der Waals surface area contributed by atoms with Gasteiger partial charge in [-0.1, -0.05) is 116 Å². The molecule has 5 N–H and O–H groups in total. The minimum Gasteiger partial charge on any atom is -0.459 e. The van der Waals surface area contributed by atoms with E-state index in [1.54, 1.807) is 75.3 Å². The molecule has 520 valence electrons. The van der Waals surface area contributed by atoms with Crippen LogP contribution in [0.25, 0.3) is 0 Å². The maximum atomic E-state index is 15.5.